The van der Waals surface area contributed by atoms with Crippen molar-refractivity contribution in [3.63, 3.8) is 0 Å². The summed E-state index contributed by atoms with van der Waals surface area (Å²) in [6, 6.07) is 8.34. The summed E-state index contributed by atoms with van der Waals surface area (Å²) in [5.41, 5.74) is 6.54. The molecule has 0 aromatic heterocycles. The van der Waals surface area contributed by atoms with E-state index in [1.165, 1.54) is 0 Å². The second-order valence-electron chi connectivity index (χ2n) is 4.66. The SMILES string of the molecule is N[C@@H](C(=O)O)[C@@H]1[C@@H](Cc2ccccc2)[C@@H]1C(=O)O. The Bertz CT molecular complexity index is 459. The highest BCUT2D eigenvalue weighted by Crippen LogP contribution is 2.50. The van der Waals surface area contributed by atoms with Crippen molar-refractivity contribution in [1.82, 2.24) is 0 Å². The lowest BCUT2D eigenvalue weighted by atomic mass is 10.1. The van der Waals surface area contributed by atoms with Crippen LogP contribution in [-0.2, 0) is 16.0 Å². The molecule has 1 saturated carbocycles. The van der Waals surface area contributed by atoms with Crippen LogP contribution in [0.3, 0.4) is 0 Å². The predicted octanol–water partition coefficient (Wildman–Crippen LogP) is 0.588. The van der Waals surface area contributed by atoms with Gasteiger partial charge in [0.2, 0.25) is 0 Å². The molecule has 18 heavy (non-hydrogen) atoms. The summed E-state index contributed by atoms with van der Waals surface area (Å²) in [6.07, 6.45) is 0.559. The van der Waals surface area contributed by atoms with Crippen molar-refractivity contribution in [3.05, 3.63) is 35.9 Å². The summed E-state index contributed by atoms with van der Waals surface area (Å²) in [5, 5.41) is 17.9. The van der Waals surface area contributed by atoms with Crippen molar-refractivity contribution in [2.75, 3.05) is 0 Å². The number of benzene rings is 1. The summed E-state index contributed by atoms with van der Waals surface area (Å²) in [7, 11) is 0. The molecule has 0 saturated heterocycles. The van der Waals surface area contributed by atoms with Crippen molar-refractivity contribution in [2.24, 2.45) is 23.5 Å². The van der Waals surface area contributed by atoms with Gasteiger partial charge in [0.25, 0.3) is 0 Å². The first-order chi connectivity index (χ1) is 8.52. The summed E-state index contributed by atoms with van der Waals surface area (Å²) in [6.45, 7) is 0. The number of hydrogen-bond donors (Lipinski definition) is 3. The van der Waals surface area contributed by atoms with E-state index in [0.717, 1.165) is 5.56 Å². The third-order valence-corrected chi connectivity index (χ3v) is 3.53. The van der Waals surface area contributed by atoms with Crippen LogP contribution in [0.15, 0.2) is 30.3 Å². The van der Waals surface area contributed by atoms with Crippen LogP contribution in [0.1, 0.15) is 5.56 Å². The molecule has 5 nitrogen and oxygen atoms in total. The van der Waals surface area contributed by atoms with E-state index in [0.29, 0.717) is 6.42 Å². The first kappa shape index (κ1) is 12.6. The molecule has 0 heterocycles. The van der Waals surface area contributed by atoms with Crippen LogP contribution >= 0.6 is 0 Å². The van der Waals surface area contributed by atoms with Crippen LogP contribution in [-0.4, -0.2) is 28.2 Å². The van der Waals surface area contributed by atoms with Crippen LogP contribution in [0, 0.1) is 17.8 Å². The molecule has 4 N–H and O–H groups in total. The van der Waals surface area contributed by atoms with Crippen LogP contribution in [0.2, 0.25) is 0 Å². The quantitative estimate of drug-likeness (QED) is 0.709. The maximum absolute atomic E-state index is 11.1. The van der Waals surface area contributed by atoms with Gasteiger partial charge in [-0.05, 0) is 17.9 Å². The van der Waals surface area contributed by atoms with E-state index in [2.05, 4.69) is 0 Å². The highest BCUT2D eigenvalue weighted by Gasteiger charge is 2.58. The number of aliphatic carboxylic acids is 2. The Hall–Kier alpha value is -1.88. The summed E-state index contributed by atoms with van der Waals surface area (Å²) in [5.74, 6) is -3.40. The Morgan fingerprint density at radius 1 is 1.22 bits per heavy atom. The number of nitrogens with two attached hydrogens (primary N) is 1. The molecule has 0 aliphatic heterocycles. The van der Waals surface area contributed by atoms with Gasteiger partial charge in [0.1, 0.15) is 6.04 Å². The minimum Gasteiger partial charge on any atom is -0.481 e. The fraction of sp³-hybridized carbons (Fsp3) is 0.385. The van der Waals surface area contributed by atoms with Crippen LogP contribution in [0.4, 0.5) is 0 Å². The Labute approximate surface area is 104 Å². The molecule has 0 spiro atoms. The molecule has 0 bridgehead atoms. The average molecular weight is 249 g/mol. The summed E-state index contributed by atoms with van der Waals surface area (Å²) in [4.78, 5) is 21.9. The maximum atomic E-state index is 11.1. The van der Waals surface area contributed by atoms with Gasteiger partial charge in [-0.2, -0.15) is 0 Å². The molecule has 5 heteroatoms. The minimum atomic E-state index is -1.14. The first-order valence-corrected chi connectivity index (χ1v) is 5.77. The normalized spacial score (nSPS) is 27.5. The van der Waals surface area contributed by atoms with Gasteiger partial charge in [0, 0.05) is 5.92 Å². The molecule has 1 aromatic rings. The third-order valence-electron chi connectivity index (χ3n) is 3.53. The van der Waals surface area contributed by atoms with Gasteiger partial charge in [-0.3, -0.25) is 9.59 Å². The number of rotatable bonds is 5. The van der Waals surface area contributed by atoms with Crippen LogP contribution in [0.5, 0.6) is 0 Å². The van der Waals surface area contributed by atoms with Crippen molar-refractivity contribution >= 4 is 11.9 Å². The molecule has 1 fully saturated rings. The van der Waals surface area contributed by atoms with Crippen LogP contribution < -0.4 is 5.73 Å². The van der Waals surface area contributed by atoms with Gasteiger partial charge in [-0.25, -0.2) is 0 Å². The molecule has 0 unspecified atom stereocenters. The first-order valence-electron chi connectivity index (χ1n) is 5.77. The average Bonchev–Trinajstić information content (AvgIpc) is 3.03. The molecular formula is C13H15NO4. The monoisotopic (exact) mass is 249 g/mol. The zero-order valence-corrected chi connectivity index (χ0v) is 9.69. The number of carboxylic acids is 2. The van der Waals surface area contributed by atoms with E-state index in [-0.39, 0.29) is 5.92 Å². The molecular weight excluding hydrogens is 234 g/mol. The predicted molar refractivity (Wildman–Crippen MR) is 63.9 cm³/mol. The third kappa shape index (κ3) is 2.36. The van der Waals surface area contributed by atoms with Crippen molar-refractivity contribution < 1.29 is 19.8 Å². The zero-order valence-electron chi connectivity index (χ0n) is 9.69. The van der Waals surface area contributed by atoms with E-state index >= 15 is 0 Å². The topological polar surface area (TPSA) is 101 Å². The molecule has 4 atom stereocenters. The molecule has 2 rings (SSSR count). The molecule has 1 aromatic carbocycles. The lowest BCUT2D eigenvalue weighted by Gasteiger charge is -2.04. The van der Waals surface area contributed by atoms with E-state index in [9.17, 15) is 9.59 Å². The van der Waals surface area contributed by atoms with Crippen molar-refractivity contribution in [2.45, 2.75) is 12.5 Å². The van der Waals surface area contributed by atoms with E-state index < -0.39 is 29.8 Å². The molecule has 1 aliphatic rings. The summed E-state index contributed by atoms with van der Waals surface area (Å²) >= 11 is 0. The highest BCUT2D eigenvalue weighted by molar-refractivity contribution is 5.80. The highest BCUT2D eigenvalue weighted by atomic mass is 16.4. The molecule has 1 aliphatic carbocycles. The smallest absolute Gasteiger partial charge is 0.320 e. The Morgan fingerprint density at radius 2 is 1.83 bits per heavy atom. The molecule has 96 valence electrons. The maximum Gasteiger partial charge on any atom is 0.320 e. The van der Waals surface area contributed by atoms with Crippen molar-refractivity contribution in [1.29, 1.82) is 0 Å². The number of hydrogen-bond acceptors (Lipinski definition) is 3. The van der Waals surface area contributed by atoms with Gasteiger partial charge in [-0.15, -0.1) is 0 Å². The van der Waals surface area contributed by atoms with Gasteiger partial charge < -0.3 is 15.9 Å². The molecule has 0 radical (unpaired) electrons. The lowest BCUT2D eigenvalue weighted by Crippen LogP contribution is -2.34. The second-order valence-corrected chi connectivity index (χ2v) is 4.66. The van der Waals surface area contributed by atoms with Gasteiger partial charge in [0.15, 0.2) is 0 Å². The Balaban J connectivity index is 2.08. The number of carboxylic acid groups (broad SMARTS) is 2. The van der Waals surface area contributed by atoms with E-state index in [1.807, 2.05) is 30.3 Å². The largest absolute Gasteiger partial charge is 0.481 e. The van der Waals surface area contributed by atoms with E-state index in [1.54, 1.807) is 0 Å². The van der Waals surface area contributed by atoms with Crippen LogP contribution in [0.25, 0.3) is 0 Å². The minimum absolute atomic E-state index is 0.184. The van der Waals surface area contributed by atoms with Crippen molar-refractivity contribution in [3.8, 4) is 0 Å². The standard InChI is InChI=1S/C13H15NO4/c14-11(13(17)18)9-8(10(9)12(15)16)6-7-4-2-1-3-5-7/h1-5,8-11H,6,14H2,(H,15,16)(H,17,18)/t8-,9-,10+,11-/m1/s1. The van der Waals surface area contributed by atoms with Gasteiger partial charge >= 0.3 is 11.9 Å². The van der Waals surface area contributed by atoms with Gasteiger partial charge in [0.05, 0.1) is 5.92 Å². The zero-order chi connectivity index (χ0) is 13.3. The second kappa shape index (κ2) is 4.78. The number of carbonyl (C=O) groups is 2. The van der Waals surface area contributed by atoms with Gasteiger partial charge in [-0.1, -0.05) is 30.3 Å². The Morgan fingerprint density at radius 3 is 2.33 bits per heavy atom. The molecule has 0 amide bonds. The summed E-state index contributed by atoms with van der Waals surface area (Å²) < 4.78 is 0. The fourth-order valence-electron chi connectivity index (χ4n) is 2.55. The fourth-order valence-corrected chi connectivity index (χ4v) is 2.55. The van der Waals surface area contributed by atoms with E-state index in [4.69, 9.17) is 15.9 Å². The lowest BCUT2D eigenvalue weighted by molar-refractivity contribution is -0.140. The Kier molecular flexibility index (Phi) is 3.34.